The smallest absolute Gasteiger partial charge is 0.175 e. The van der Waals surface area contributed by atoms with Crippen molar-refractivity contribution in [2.45, 2.75) is 18.9 Å². The van der Waals surface area contributed by atoms with Crippen LogP contribution in [0.1, 0.15) is 18.1 Å². The summed E-state index contributed by atoms with van der Waals surface area (Å²) in [6.07, 6.45) is 3.51. The van der Waals surface area contributed by atoms with E-state index in [9.17, 15) is 0 Å². The highest BCUT2D eigenvalue weighted by Gasteiger charge is 2.12. The number of rotatable bonds is 6. The lowest BCUT2D eigenvalue weighted by Gasteiger charge is -2.15. The summed E-state index contributed by atoms with van der Waals surface area (Å²) in [6.45, 7) is 3.04. The van der Waals surface area contributed by atoms with Crippen LogP contribution in [0.5, 0.6) is 11.5 Å². The topological polar surface area (TPSA) is 31.4 Å². The number of hydrogen-bond acceptors (Lipinski definition) is 3. The minimum atomic E-state index is 0.481. The number of halogens is 2. The lowest BCUT2D eigenvalue weighted by Crippen LogP contribution is -2.01. The molecule has 0 atom stereocenters. The van der Waals surface area contributed by atoms with Gasteiger partial charge in [-0.25, -0.2) is 0 Å². The Morgan fingerprint density at radius 3 is 2.50 bits per heavy atom. The Hall–Kier alpha value is -1.07. The van der Waals surface area contributed by atoms with Crippen molar-refractivity contribution in [3.8, 4) is 11.5 Å². The Balaban J connectivity index is 2.21. The molecule has 1 aromatic carbocycles. The molecule has 1 heterocycles. The Bertz CT molecular complexity index is 561. The molecule has 0 saturated carbocycles. The van der Waals surface area contributed by atoms with Crippen LogP contribution in [0.25, 0.3) is 0 Å². The molecule has 0 fully saturated rings. The SMILES string of the molecule is CCOc1cc(CBr)cc(Br)c1OCc1ccncc1. The van der Waals surface area contributed by atoms with E-state index in [4.69, 9.17) is 9.47 Å². The van der Waals surface area contributed by atoms with Crippen LogP contribution in [0.4, 0.5) is 0 Å². The van der Waals surface area contributed by atoms with Crippen LogP contribution >= 0.6 is 31.9 Å². The Kier molecular flexibility index (Phi) is 5.86. The Labute approximate surface area is 135 Å². The van der Waals surface area contributed by atoms with Crippen molar-refractivity contribution in [2.24, 2.45) is 0 Å². The van der Waals surface area contributed by atoms with E-state index in [-0.39, 0.29) is 0 Å². The summed E-state index contributed by atoms with van der Waals surface area (Å²) in [7, 11) is 0. The van der Waals surface area contributed by atoms with Crippen LogP contribution in [0.3, 0.4) is 0 Å². The van der Waals surface area contributed by atoms with Gasteiger partial charge >= 0.3 is 0 Å². The summed E-state index contributed by atoms with van der Waals surface area (Å²) >= 11 is 7.00. The van der Waals surface area contributed by atoms with Crippen LogP contribution in [-0.4, -0.2) is 11.6 Å². The number of benzene rings is 1. The van der Waals surface area contributed by atoms with Gasteiger partial charge in [0.15, 0.2) is 11.5 Å². The molecule has 0 aliphatic carbocycles. The van der Waals surface area contributed by atoms with E-state index in [0.717, 1.165) is 32.4 Å². The predicted molar refractivity (Wildman–Crippen MR) is 86.5 cm³/mol. The minimum absolute atomic E-state index is 0.481. The first kappa shape index (κ1) is 15.3. The maximum absolute atomic E-state index is 5.89. The average Bonchev–Trinajstić information content (AvgIpc) is 2.47. The van der Waals surface area contributed by atoms with E-state index in [1.807, 2.05) is 31.2 Å². The molecule has 0 spiro atoms. The first-order valence-corrected chi connectivity index (χ1v) is 8.19. The second-order valence-electron chi connectivity index (χ2n) is 4.12. The van der Waals surface area contributed by atoms with Gasteiger partial charge in [-0.05, 0) is 58.2 Å². The van der Waals surface area contributed by atoms with Gasteiger partial charge < -0.3 is 9.47 Å². The second-order valence-corrected chi connectivity index (χ2v) is 5.53. The van der Waals surface area contributed by atoms with Crippen LogP contribution in [-0.2, 0) is 11.9 Å². The quantitative estimate of drug-likeness (QED) is 0.657. The van der Waals surface area contributed by atoms with E-state index in [0.29, 0.717) is 13.2 Å². The van der Waals surface area contributed by atoms with E-state index >= 15 is 0 Å². The van der Waals surface area contributed by atoms with Crippen molar-refractivity contribution < 1.29 is 9.47 Å². The van der Waals surface area contributed by atoms with Crippen molar-refractivity contribution >= 4 is 31.9 Å². The predicted octanol–water partition coefficient (Wildman–Crippen LogP) is 4.72. The summed E-state index contributed by atoms with van der Waals surface area (Å²) in [5, 5.41) is 0.774. The van der Waals surface area contributed by atoms with Gasteiger partial charge in [-0.2, -0.15) is 0 Å². The van der Waals surface area contributed by atoms with Crippen molar-refractivity contribution in [1.82, 2.24) is 4.98 Å². The molecule has 0 amide bonds. The molecule has 0 saturated heterocycles. The minimum Gasteiger partial charge on any atom is -0.490 e. The van der Waals surface area contributed by atoms with Crippen LogP contribution in [0.15, 0.2) is 41.1 Å². The highest BCUT2D eigenvalue weighted by atomic mass is 79.9. The second kappa shape index (κ2) is 7.64. The molecule has 0 aliphatic heterocycles. The lowest BCUT2D eigenvalue weighted by atomic mass is 10.2. The van der Waals surface area contributed by atoms with Crippen molar-refractivity contribution in [1.29, 1.82) is 0 Å². The molecule has 2 aromatic rings. The average molecular weight is 401 g/mol. The van der Waals surface area contributed by atoms with Gasteiger partial charge in [0.1, 0.15) is 6.61 Å². The molecule has 1 aromatic heterocycles. The molecule has 5 heteroatoms. The van der Waals surface area contributed by atoms with E-state index in [2.05, 4.69) is 36.8 Å². The zero-order chi connectivity index (χ0) is 14.4. The summed E-state index contributed by atoms with van der Waals surface area (Å²) < 4.78 is 12.4. The molecule has 3 nitrogen and oxygen atoms in total. The van der Waals surface area contributed by atoms with Gasteiger partial charge in [-0.15, -0.1) is 0 Å². The number of hydrogen-bond donors (Lipinski definition) is 0. The first-order valence-electron chi connectivity index (χ1n) is 6.27. The fourth-order valence-corrected chi connectivity index (χ4v) is 2.66. The van der Waals surface area contributed by atoms with Crippen LogP contribution in [0, 0.1) is 0 Å². The van der Waals surface area contributed by atoms with Crippen molar-refractivity contribution in [3.63, 3.8) is 0 Å². The first-order chi connectivity index (χ1) is 9.74. The number of aromatic nitrogens is 1. The summed E-state index contributed by atoms with van der Waals surface area (Å²) in [5.74, 6) is 1.48. The van der Waals surface area contributed by atoms with E-state index in [1.165, 1.54) is 0 Å². The third-order valence-electron chi connectivity index (χ3n) is 2.66. The van der Waals surface area contributed by atoms with E-state index in [1.54, 1.807) is 12.4 Å². The molecule has 0 radical (unpaired) electrons. The molecule has 0 bridgehead atoms. The molecular formula is C15H15Br2NO2. The van der Waals surface area contributed by atoms with Gasteiger partial charge in [0, 0.05) is 17.7 Å². The molecule has 0 aliphatic rings. The third kappa shape index (κ3) is 3.96. The number of ether oxygens (including phenoxy) is 2. The molecule has 106 valence electrons. The highest BCUT2D eigenvalue weighted by molar-refractivity contribution is 9.10. The lowest BCUT2D eigenvalue weighted by molar-refractivity contribution is 0.267. The van der Waals surface area contributed by atoms with Gasteiger partial charge in [-0.3, -0.25) is 4.98 Å². The monoisotopic (exact) mass is 399 g/mol. The van der Waals surface area contributed by atoms with Gasteiger partial charge in [0.05, 0.1) is 11.1 Å². The van der Waals surface area contributed by atoms with Gasteiger partial charge in [0.2, 0.25) is 0 Å². The molecule has 0 N–H and O–H groups in total. The summed E-state index contributed by atoms with van der Waals surface area (Å²) in [4.78, 5) is 3.99. The van der Waals surface area contributed by atoms with Crippen molar-refractivity contribution in [2.75, 3.05) is 6.61 Å². The normalized spacial score (nSPS) is 10.3. The molecule has 0 unspecified atom stereocenters. The number of pyridine rings is 1. The van der Waals surface area contributed by atoms with Gasteiger partial charge in [0.25, 0.3) is 0 Å². The standard InChI is InChI=1S/C15H15Br2NO2/c1-2-19-14-8-12(9-16)7-13(17)15(14)20-10-11-3-5-18-6-4-11/h3-8H,2,9-10H2,1H3. The van der Waals surface area contributed by atoms with E-state index < -0.39 is 0 Å². The maximum Gasteiger partial charge on any atom is 0.175 e. The largest absolute Gasteiger partial charge is 0.490 e. The third-order valence-corrected chi connectivity index (χ3v) is 3.89. The Morgan fingerprint density at radius 2 is 1.85 bits per heavy atom. The molecule has 20 heavy (non-hydrogen) atoms. The Morgan fingerprint density at radius 1 is 1.10 bits per heavy atom. The number of alkyl halides is 1. The molecule has 2 rings (SSSR count). The summed E-state index contributed by atoms with van der Waals surface area (Å²) in [6, 6.07) is 7.88. The van der Waals surface area contributed by atoms with Crippen LogP contribution < -0.4 is 9.47 Å². The fraction of sp³-hybridized carbons (Fsp3) is 0.267. The zero-order valence-electron chi connectivity index (χ0n) is 11.1. The van der Waals surface area contributed by atoms with Crippen molar-refractivity contribution in [3.05, 3.63) is 52.3 Å². The zero-order valence-corrected chi connectivity index (χ0v) is 14.3. The van der Waals surface area contributed by atoms with Gasteiger partial charge in [-0.1, -0.05) is 15.9 Å². The summed E-state index contributed by atoms with van der Waals surface area (Å²) in [5.41, 5.74) is 2.20. The number of nitrogens with zero attached hydrogens (tertiary/aromatic N) is 1. The maximum atomic E-state index is 5.89. The highest BCUT2D eigenvalue weighted by Crippen LogP contribution is 2.37. The van der Waals surface area contributed by atoms with Crippen LogP contribution in [0.2, 0.25) is 0 Å². The molecular weight excluding hydrogens is 386 g/mol. The fourth-order valence-electron chi connectivity index (χ4n) is 1.74.